The summed E-state index contributed by atoms with van der Waals surface area (Å²) < 4.78 is 17.1. The third kappa shape index (κ3) is 13.3. The molecular formula is C44H71N3O10. The number of benzene rings is 1. The standard InChI is InChI=1S/C44H71N3O10/c1-13-29(7)40(45(9)42(51)33(27(3)4)25-36(49)39(28(5)6)46(10)44(54)57-14-2)37(55-11)26-38(50)47-22-18-21-34(47)41(56-12)30(8)35(48)24-32(43(52)53)23-31-19-16-15-17-20-31/h15-17,19-20,27-30,32-34,37,39-41H,13-14,18,21-26H2,1-12H3,(H,52,53)/t29-,30-,32+,33-,34-,37+,39-,40?,41+/m0/s1. The lowest BCUT2D eigenvalue weighted by molar-refractivity contribution is -0.149. The molecule has 1 aromatic carbocycles. The number of carbonyl (C=O) groups excluding carboxylic acids is 5. The Kier molecular flexibility index (Phi) is 20.4. The SMILES string of the molecule is CCOC(=O)N(C)[C@H](C(=O)C[C@H](C(=O)N(C)C([C@@H](C)CC)[C@@H](CC(=O)N1CCC[C@H]1[C@H](OC)[C@@H](C)C(=O)C[C@@H](Cc1ccccc1)C(=O)O)OC)C(C)C)C(C)C. The predicted molar refractivity (Wildman–Crippen MR) is 218 cm³/mol. The highest BCUT2D eigenvalue weighted by Crippen LogP contribution is 2.32. The van der Waals surface area contributed by atoms with Gasteiger partial charge in [-0.15, -0.1) is 0 Å². The number of ether oxygens (including phenoxy) is 3. The van der Waals surface area contributed by atoms with Gasteiger partial charge in [0.2, 0.25) is 11.8 Å². The lowest BCUT2D eigenvalue weighted by atomic mass is 9.83. The monoisotopic (exact) mass is 802 g/mol. The number of carbonyl (C=O) groups is 6. The zero-order valence-corrected chi connectivity index (χ0v) is 36.6. The van der Waals surface area contributed by atoms with Crippen molar-refractivity contribution in [1.82, 2.24) is 14.7 Å². The number of amides is 3. The maximum Gasteiger partial charge on any atom is 0.410 e. The van der Waals surface area contributed by atoms with Crippen molar-refractivity contribution in [3.63, 3.8) is 0 Å². The summed E-state index contributed by atoms with van der Waals surface area (Å²) in [5, 5.41) is 9.96. The van der Waals surface area contributed by atoms with Gasteiger partial charge in [-0.2, -0.15) is 0 Å². The molecule has 9 atom stereocenters. The predicted octanol–water partition coefficient (Wildman–Crippen LogP) is 6.15. The molecule has 57 heavy (non-hydrogen) atoms. The molecule has 2 rings (SSSR count). The molecule has 0 aromatic heterocycles. The first-order valence-corrected chi connectivity index (χ1v) is 20.7. The Morgan fingerprint density at radius 1 is 0.842 bits per heavy atom. The normalized spacial score (nSPS) is 18.6. The number of rotatable bonds is 24. The summed E-state index contributed by atoms with van der Waals surface area (Å²) in [5.74, 6) is -4.65. The van der Waals surface area contributed by atoms with Gasteiger partial charge in [-0.3, -0.25) is 24.0 Å². The van der Waals surface area contributed by atoms with Crippen LogP contribution in [0.1, 0.15) is 99.5 Å². The lowest BCUT2D eigenvalue weighted by Gasteiger charge is -2.41. The van der Waals surface area contributed by atoms with Gasteiger partial charge in [0.1, 0.15) is 5.78 Å². The van der Waals surface area contributed by atoms with Crippen LogP contribution in [0, 0.1) is 35.5 Å². The van der Waals surface area contributed by atoms with Gasteiger partial charge in [-0.05, 0) is 49.5 Å². The molecule has 1 N–H and O–H groups in total. The van der Waals surface area contributed by atoms with Crippen molar-refractivity contribution in [3.05, 3.63) is 35.9 Å². The first-order valence-electron chi connectivity index (χ1n) is 20.7. The minimum Gasteiger partial charge on any atom is -0.481 e. The number of likely N-dealkylation sites (tertiary alicyclic amines) is 1. The fraction of sp³-hybridized carbons (Fsp3) is 0.727. The van der Waals surface area contributed by atoms with Crippen molar-refractivity contribution in [1.29, 1.82) is 0 Å². The smallest absolute Gasteiger partial charge is 0.410 e. The van der Waals surface area contributed by atoms with E-state index in [2.05, 4.69) is 0 Å². The number of hydrogen-bond donors (Lipinski definition) is 1. The molecule has 1 saturated heterocycles. The van der Waals surface area contributed by atoms with Crippen molar-refractivity contribution in [2.24, 2.45) is 35.5 Å². The summed E-state index contributed by atoms with van der Waals surface area (Å²) in [7, 11) is 6.29. The van der Waals surface area contributed by atoms with E-state index in [0.717, 1.165) is 5.56 Å². The zero-order valence-electron chi connectivity index (χ0n) is 36.6. The van der Waals surface area contributed by atoms with E-state index >= 15 is 0 Å². The number of likely N-dealkylation sites (N-methyl/N-ethyl adjacent to an activating group) is 2. The van der Waals surface area contributed by atoms with Crippen LogP contribution in [0.5, 0.6) is 0 Å². The van der Waals surface area contributed by atoms with Gasteiger partial charge in [-0.1, -0.05) is 85.2 Å². The summed E-state index contributed by atoms with van der Waals surface area (Å²) in [6, 6.07) is 7.54. The maximum absolute atomic E-state index is 14.4. The van der Waals surface area contributed by atoms with E-state index < -0.39 is 60.1 Å². The summed E-state index contributed by atoms with van der Waals surface area (Å²) in [6.45, 7) is 15.6. The molecule has 0 saturated carbocycles. The van der Waals surface area contributed by atoms with E-state index in [4.69, 9.17) is 14.2 Å². The number of carboxylic acids is 1. The number of Topliss-reactive ketones (excluding diaryl/α,β-unsaturated/α-hetero) is 2. The third-order valence-corrected chi connectivity index (χ3v) is 12.0. The number of ketones is 2. The fourth-order valence-electron chi connectivity index (χ4n) is 8.50. The highest BCUT2D eigenvalue weighted by Gasteiger charge is 2.44. The fourth-order valence-corrected chi connectivity index (χ4v) is 8.50. The molecule has 1 heterocycles. The van der Waals surface area contributed by atoms with Crippen molar-refractivity contribution in [2.75, 3.05) is 41.5 Å². The van der Waals surface area contributed by atoms with Gasteiger partial charge in [0.25, 0.3) is 0 Å². The van der Waals surface area contributed by atoms with E-state index in [9.17, 15) is 33.9 Å². The highest BCUT2D eigenvalue weighted by atomic mass is 16.6. The molecule has 0 spiro atoms. The molecule has 1 unspecified atom stereocenters. The number of aliphatic carboxylic acids is 1. The van der Waals surface area contributed by atoms with E-state index in [-0.39, 0.29) is 73.4 Å². The molecule has 0 aliphatic carbocycles. The van der Waals surface area contributed by atoms with Gasteiger partial charge < -0.3 is 34.0 Å². The van der Waals surface area contributed by atoms with E-state index in [1.807, 2.05) is 71.9 Å². The van der Waals surface area contributed by atoms with Crippen LogP contribution in [0.3, 0.4) is 0 Å². The topological polar surface area (TPSA) is 160 Å². The number of nitrogens with zero attached hydrogens (tertiary/aromatic N) is 3. The summed E-state index contributed by atoms with van der Waals surface area (Å²) in [6.07, 6.45) is 0.0782. The van der Waals surface area contributed by atoms with E-state index in [1.165, 1.54) is 26.2 Å². The minimum atomic E-state index is -1.04. The van der Waals surface area contributed by atoms with Gasteiger partial charge in [0, 0.05) is 59.5 Å². The van der Waals surface area contributed by atoms with Crippen molar-refractivity contribution in [3.8, 4) is 0 Å². The molecule has 1 fully saturated rings. The third-order valence-electron chi connectivity index (χ3n) is 12.0. The molecule has 1 aliphatic rings. The number of carboxylic acid groups (broad SMARTS) is 1. The van der Waals surface area contributed by atoms with Gasteiger partial charge in [0.05, 0.1) is 49.3 Å². The van der Waals surface area contributed by atoms with Crippen molar-refractivity contribution < 1.29 is 48.1 Å². The second-order valence-electron chi connectivity index (χ2n) is 16.5. The van der Waals surface area contributed by atoms with Gasteiger partial charge >= 0.3 is 12.1 Å². The van der Waals surface area contributed by atoms with Crippen LogP contribution in [0.2, 0.25) is 0 Å². The lowest BCUT2D eigenvalue weighted by Crippen LogP contribution is -2.54. The largest absolute Gasteiger partial charge is 0.481 e. The molecule has 322 valence electrons. The van der Waals surface area contributed by atoms with E-state index in [0.29, 0.717) is 25.8 Å². The molecule has 1 aromatic rings. The van der Waals surface area contributed by atoms with Crippen LogP contribution in [0.4, 0.5) is 4.79 Å². The highest BCUT2D eigenvalue weighted by molar-refractivity contribution is 5.92. The second-order valence-corrected chi connectivity index (χ2v) is 16.5. The Hall–Kier alpha value is -3.84. The molecule has 0 bridgehead atoms. The van der Waals surface area contributed by atoms with Crippen molar-refractivity contribution in [2.45, 2.75) is 131 Å². The maximum atomic E-state index is 14.4. The van der Waals surface area contributed by atoms with E-state index in [1.54, 1.807) is 30.7 Å². The average molecular weight is 802 g/mol. The van der Waals surface area contributed by atoms with Gasteiger partial charge in [0.15, 0.2) is 5.78 Å². The Morgan fingerprint density at radius 3 is 1.98 bits per heavy atom. The van der Waals surface area contributed by atoms with Crippen LogP contribution < -0.4 is 0 Å². The van der Waals surface area contributed by atoms with Gasteiger partial charge in [-0.25, -0.2) is 4.79 Å². The minimum absolute atomic E-state index is 0.0262. The molecule has 1 aliphatic heterocycles. The first kappa shape index (κ1) is 49.3. The van der Waals surface area contributed by atoms with Crippen LogP contribution in [-0.2, 0) is 44.6 Å². The Bertz CT molecular complexity index is 1470. The van der Waals surface area contributed by atoms with Crippen LogP contribution in [0.15, 0.2) is 30.3 Å². The second kappa shape index (κ2) is 23.5. The van der Waals surface area contributed by atoms with Crippen LogP contribution >= 0.6 is 0 Å². The Morgan fingerprint density at radius 2 is 1.47 bits per heavy atom. The molecule has 3 amide bonds. The summed E-state index contributed by atoms with van der Waals surface area (Å²) in [4.78, 5) is 85.6. The number of hydrogen-bond acceptors (Lipinski definition) is 9. The molecule has 13 nitrogen and oxygen atoms in total. The first-order chi connectivity index (χ1) is 26.9. The summed E-state index contributed by atoms with van der Waals surface area (Å²) >= 11 is 0. The van der Waals surface area contributed by atoms with Crippen molar-refractivity contribution >= 4 is 35.4 Å². The molecular weight excluding hydrogens is 730 g/mol. The van der Waals surface area contributed by atoms with Crippen LogP contribution in [0.25, 0.3) is 0 Å². The zero-order chi connectivity index (χ0) is 43.1. The molecule has 13 heteroatoms. The number of methoxy groups -OCH3 is 2. The van der Waals surface area contributed by atoms with Crippen LogP contribution in [-0.4, -0.2) is 127 Å². The quantitative estimate of drug-likeness (QED) is 0.128. The molecule has 0 radical (unpaired) electrons. The average Bonchev–Trinajstić information content (AvgIpc) is 3.66. The summed E-state index contributed by atoms with van der Waals surface area (Å²) in [5.41, 5.74) is 0.837. The Balaban J connectivity index is 2.29. The Labute approximate surface area is 341 Å².